The molecule has 2 atom stereocenters. The molecule has 1 amide bonds. The summed E-state index contributed by atoms with van der Waals surface area (Å²) in [6, 6.07) is 5.31. The highest BCUT2D eigenvalue weighted by atomic mass is 79.9. The average Bonchev–Trinajstić information content (AvgIpc) is 2.44. The van der Waals surface area contributed by atoms with Crippen LogP contribution in [0.15, 0.2) is 22.7 Å². The molecule has 1 aliphatic rings. The van der Waals surface area contributed by atoms with E-state index in [2.05, 4.69) is 21.2 Å². The normalized spacial score (nSPS) is 18.2. The van der Waals surface area contributed by atoms with Crippen LogP contribution >= 0.6 is 15.9 Å². The fourth-order valence-corrected chi connectivity index (χ4v) is 3.13. The van der Waals surface area contributed by atoms with E-state index in [0.717, 1.165) is 15.9 Å². The molecule has 1 aromatic rings. The number of nitrogens with one attached hydrogen (secondary N) is 1. The molecular formula is C17H23BrN2O3. The molecule has 0 aromatic heterocycles. The minimum atomic E-state index is -0.442. The number of carbonyl (C=O) groups excluding carboxylic acids is 2. The molecule has 6 heteroatoms. The van der Waals surface area contributed by atoms with Crippen molar-refractivity contribution in [1.29, 1.82) is 0 Å². The van der Waals surface area contributed by atoms with E-state index in [1.54, 1.807) is 0 Å². The van der Waals surface area contributed by atoms with Crippen LogP contribution in [0.2, 0.25) is 0 Å². The summed E-state index contributed by atoms with van der Waals surface area (Å²) in [5.41, 5.74) is 0.886. The van der Waals surface area contributed by atoms with E-state index >= 15 is 0 Å². The monoisotopic (exact) mass is 382 g/mol. The summed E-state index contributed by atoms with van der Waals surface area (Å²) in [7, 11) is 0. The van der Waals surface area contributed by atoms with Gasteiger partial charge in [0, 0.05) is 4.47 Å². The Bertz CT molecular complexity index is 604. The van der Waals surface area contributed by atoms with Gasteiger partial charge in [-0.1, -0.05) is 29.8 Å². The van der Waals surface area contributed by atoms with Gasteiger partial charge < -0.3 is 15.0 Å². The van der Waals surface area contributed by atoms with Gasteiger partial charge in [-0.25, -0.2) is 0 Å². The Hall–Kier alpha value is -1.56. The van der Waals surface area contributed by atoms with Gasteiger partial charge in [-0.3, -0.25) is 9.59 Å². The largest absolute Gasteiger partial charge is 0.487 e. The highest BCUT2D eigenvalue weighted by molar-refractivity contribution is 9.10. The molecule has 126 valence electrons. The van der Waals surface area contributed by atoms with Crippen molar-refractivity contribution >= 4 is 33.3 Å². The Morgan fingerprint density at radius 3 is 2.74 bits per heavy atom. The molecule has 1 aromatic carbocycles. The molecule has 2 rings (SSSR count). The van der Waals surface area contributed by atoms with Crippen molar-refractivity contribution in [2.45, 2.75) is 39.8 Å². The smallest absolute Gasteiger partial charge is 0.240 e. The molecule has 1 N–H and O–H groups in total. The summed E-state index contributed by atoms with van der Waals surface area (Å²) < 4.78 is 6.74. The number of hydrogen-bond donors (Lipinski definition) is 1. The average molecular weight is 383 g/mol. The zero-order valence-corrected chi connectivity index (χ0v) is 15.5. The number of anilines is 1. The SMILES string of the molecule is CC(=O)[C@H](NC(=O)CN1C[C@H](C)Oc2ccc(Br)cc21)C(C)C. The molecule has 0 fully saturated rings. The molecule has 0 radical (unpaired) electrons. The zero-order chi connectivity index (χ0) is 17.1. The zero-order valence-electron chi connectivity index (χ0n) is 13.9. The fraction of sp³-hybridized carbons (Fsp3) is 0.529. The number of fused-ring (bicyclic) bond motifs is 1. The third kappa shape index (κ3) is 4.47. The summed E-state index contributed by atoms with van der Waals surface area (Å²) >= 11 is 3.45. The first-order chi connectivity index (χ1) is 10.8. The van der Waals surface area contributed by atoms with Crippen LogP contribution < -0.4 is 15.0 Å². The second kappa shape index (κ2) is 7.34. The first-order valence-electron chi connectivity index (χ1n) is 7.79. The maximum atomic E-state index is 12.4. The second-order valence-electron chi connectivity index (χ2n) is 6.32. The summed E-state index contributed by atoms with van der Waals surface area (Å²) in [5.74, 6) is 0.666. The third-order valence-corrected chi connectivity index (χ3v) is 4.32. The molecule has 1 aliphatic heterocycles. The first-order valence-corrected chi connectivity index (χ1v) is 8.58. The molecule has 0 spiro atoms. The number of halogens is 1. The number of benzene rings is 1. The molecule has 0 saturated heterocycles. The number of amides is 1. The molecule has 1 heterocycles. The summed E-state index contributed by atoms with van der Waals surface area (Å²) in [6.45, 7) is 8.17. The predicted octanol–water partition coefficient (Wildman–Crippen LogP) is 2.77. The van der Waals surface area contributed by atoms with Crippen molar-refractivity contribution in [3.63, 3.8) is 0 Å². The third-order valence-electron chi connectivity index (χ3n) is 3.82. The topological polar surface area (TPSA) is 58.6 Å². The Balaban J connectivity index is 2.12. The number of rotatable bonds is 5. The lowest BCUT2D eigenvalue weighted by molar-refractivity contribution is -0.127. The van der Waals surface area contributed by atoms with Crippen LogP contribution in [0, 0.1) is 5.92 Å². The minimum absolute atomic E-state index is 0.00479. The highest BCUT2D eigenvalue weighted by Crippen LogP contribution is 2.35. The number of ketones is 1. The van der Waals surface area contributed by atoms with Crippen molar-refractivity contribution in [3.05, 3.63) is 22.7 Å². The van der Waals surface area contributed by atoms with Gasteiger partial charge in [0.15, 0.2) is 5.78 Å². The maximum absolute atomic E-state index is 12.4. The van der Waals surface area contributed by atoms with Gasteiger partial charge in [0.05, 0.1) is 24.8 Å². The van der Waals surface area contributed by atoms with E-state index in [0.29, 0.717) is 6.54 Å². The maximum Gasteiger partial charge on any atom is 0.240 e. The molecule has 0 unspecified atom stereocenters. The van der Waals surface area contributed by atoms with Gasteiger partial charge in [0.25, 0.3) is 0 Å². The van der Waals surface area contributed by atoms with Crippen LogP contribution in [-0.4, -0.2) is 36.9 Å². The van der Waals surface area contributed by atoms with Crippen LogP contribution in [0.4, 0.5) is 5.69 Å². The predicted molar refractivity (Wildman–Crippen MR) is 93.9 cm³/mol. The molecular weight excluding hydrogens is 360 g/mol. The van der Waals surface area contributed by atoms with Crippen molar-refractivity contribution in [1.82, 2.24) is 5.32 Å². The van der Waals surface area contributed by atoms with Crippen molar-refractivity contribution in [2.75, 3.05) is 18.0 Å². The van der Waals surface area contributed by atoms with Crippen LogP contribution in [0.3, 0.4) is 0 Å². The fourth-order valence-electron chi connectivity index (χ4n) is 2.78. The highest BCUT2D eigenvalue weighted by Gasteiger charge is 2.27. The standard InChI is InChI=1S/C17H23BrN2O3/c1-10(2)17(12(4)21)19-16(22)9-20-8-11(3)23-15-6-5-13(18)7-14(15)20/h5-7,10-11,17H,8-9H2,1-4H3,(H,19,22)/t11-,17+/m0/s1. The van der Waals surface area contributed by atoms with Crippen LogP contribution in [0.5, 0.6) is 5.75 Å². The first kappa shape index (κ1) is 17.8. The lowest BCUT2D eigenvalue weighted by Gasteiger charge is -2.35. The van der Waals surface area contributed by atoms with Gasteiger partial charge in [-0.15, -0.1) is 0 Å². The molecule has 0 bridgehead atoms. The van der Waals surface area contributed by atoms with Gasteiger partial charge in [0.2, 0.25) is 5.91 Å². The minimum Gasteiger partial charge on any atom is -0.487 e. The van der Waals surface area contributed by atoms with E-state index in [-0.39, 0.29) is 30.3 Å². The molecule has 5 nitrogen and oxygen atoms in total. The van der Waals surface area contributed by atoms with Crippen molar-refractivity contribution in [2.24, 2.45) is 5.92 Å². The van der Waals surface area contributed by atoms with E-state index in [9.17, 15) is 9.59 Å². The van der Waals surface area contributed by atoms with Crippen molar-refractivity contribution < 1.29 is 14.3 Å². The molecule has 0 saturated carbocycles. The van der Waals surface area contributed by atoms with Gasteiger partial charge >= 0.3 is 0 Å². The van der Waals surface area contributed by atoms with E-state index in [1.165, 1.54) is 6.92 Å². The second-order valence-corrected chi connectivity index (χ2v) is 7.24. The van der Waals surface area contributed by atoms with Gasteiger partial charge in [-0.2, -0.15) is 0 Å². The van der Waals surface area contributed by atoms with E-state index < -0.39 is 6.04 Å². The van der Waals surface area contributed by atoms with Crippen LogP contribution in [-0.2, 0) is 9.59 Å². The Morgan fingerprint density at radius 1 is 1.43 bits per heavy atom. The lowest BCUT2D eigenvalue weighted by atomic mass is 10.0. The lowest BCUT2D eigenvalue weighted by Crippen LogP contribution is -2.49. The number of carbonyl (C=O) groups is 2. The van der Waals surface area contributed by atoms with Gasteiger partial charge in [-0.05, 0) is 38.0 Å². The number of ether oxygens (including phenoxy) is 1. The summed E-state index contributed by atoms with van der Waals surface area (Å²) in [6.07, 6.45) is 0.00479. The summed E-state index contributed by atoms with van der Waals surface area (Å²) in [5, 5.41) is 2.84. The number of nitrogens with zero attached hydrogens (tertiary/aromatic N) is 1. The Kier molecular flexibility index (Phi) is 5.68. The summed E-state index contributed by atoms with van der Waals surface area (Å²) in [4.78, 5) is 26.0. The quantitative estimate of drug-likeness (QED) is 0.850. The van der Waals surface area contributed by atoms with E-state index in [1.807, 2.05) is 43.9 Å². The molecule has 0 aliphatic carbocycles. The van der Waals surface area contributed by atoms with Crippen LogP contribution in [0.25, 0.3) is 0 Å². The van der Waals surface area contributed by atoms with Gasteiger partial charge in [0.1, 0.15) is 11.9 Å². The van der Waals surface area contributed by atoms with Crippen LogP contribution in [0.1, 0.15) is 27.7 Å². The van der Waals surface area contributed by atoms with E-state index in [4.69, 9.17) is 4.74 Å². The number of hydrogen-bond acceptors (Lipinski definition) is 4. The molecule has 23 heavy (non-hydrogen) atoms. The Labute approximate surface area is 145 Å². The number of Topliss-reactive ketones (excluding diaryl/α,β-unsaturated/α-hetero) is 1. The van der Waals surface area contributed by atoms with Crippen molar-refractivity contribution in [3.8, 4) is 5.75 Å². The Morgan fingerprint density at radius 2 is 2.13 bits per heavy atom.